The van der Waals surface area contributed by atoms with Crippen LogP contribution in [0.5, 0.6) is 0 Å². The van der Waals surface area contributed by atoms with Crippen molar-refractivity contribution in [2.45, 2.75) is 25.1 Å². The van der Waals surface area contributed by atoms with Gasteiger partial charge in [-0.05, 0) is 18.6 Å². The van der Waals surface area contributed by atoms with Gasteiger partial charge in [-0.1, -0.05) is 18.5 Å². The predicted molar refractivity (Wildman–Crippen MR) is 69.4 cm³/mol. The van der Waals surface area contributed by atoms with Crippen molar-refractivity contribution >= 4 is 33.0 Å². The number of nitriles is 1. The molecule has 0 fully saturated rings. The van der Waals surface area contributed by atoms with E-state index in [4.69, 9.17) is 16.9 Å². The van der Waals surface area contributed by atoms with E-state index in [1.807, 2.05) is 6.07 Å². The van der Waals surface area contributed by atoms with Crippen molar-refractivity contribution in [3.05, 3.63) is 21.3 Å². The van der Waals surface area contributed by atoms with Crippen LogP contribution in [-0.2, 0) is 16.6 Å². The summed E-state index contributed by atoms with van der Waals surface area (Å²) in [4.78, 5) is 0.855. The second-order valence-electron chi connectivity index (χ2n) is 3.53. The highest BCUT2D eigenvalue weighted by atomic mass is 35.5. The Kier molecular flexibility index (Phi) is 4.95. The first-order valence-electron chi connectivity index (χ1n) is 5.00. The van der Waals surface area contributed by atoms with Crippen LogP contribution >= 0.6 is 22.9 Å². The molecule has 7 heteroatoms. The van der Waals surface area contributed by atoms with E-state index in [2.05, 4.69) is 0 Å². The molecular weight excluding hydrogens is 280 g/mol. The highest BCUT2D eigenvalue weighted by Crippen LogP contribution is 2.23. The number of hydrogen-bond donors (Lipinski definition) is 0. The van der Waals surface area contributed by atoms with Gasteiger partial charge in [-0.15, -0.1) is 11.3 Å². The van der Waals surface area contributed by atoms with Gasteiger partial charge in [0.1, 0.15) is 0 Å². The van der Waals surface area contributed by atoms with Crippen LogP contribution in [-0.4, -0.2) is 25.0 Å². The maximum absolute atomic E-state index is 12.0. The molecule has 94 valence electrons. The van der Waals surface area contributed by atoms with Crippen molar-refractivity contribution in [3.8, 4) is 6.07 Å². The van der Waals surface area contributed by atoms with Crippen molar-refractivity contribution in [1.29, 1.82) is 5.26 Å². The molecule has 1 aromatic rings. The van der Waals surface area contributed by atoms with Gasteiger partial charge in [0.15, 0.2) is 5.25 Å². The van der Waals surface area contributed by atoms with Crippen LogP contribution < -0.4 is 0 Å². The van der Waals surface area contributed by atoms with E-state index in [1.54, 1.807) is 19.1 Å². The number of thiophene rings is 1. The van der Waals surface area contributed by atoms with Gasteiger partial charge in [0.2, 0.25) is 10.0 Å². The maximum Gasteiger partial charge on any atom is 0.230 e. The smallest absolute Gasteiger partial charge is 0.211 e. The molecule has 0 amide bonds. The van der Waals surface area contributed by atoms with Crippen molar-refractivity contribution < 1.29 is 8.42 Å². The van der Waals surface area contributed by atoms with Crippen molar-refractivity contribution in [1.82, 2.24) is 4.31 Å². The molecule has 1 aromatic heterocycles. The SMILES string of the molecule is CCC(C#N)S(=O)(=O)N(C)Cc1ccc(Cl)s1. The standard InChI is InChI=1S/C10H13ClN2O2S2/c1-3-9(6-12)17(14,15)13(2)7-8-4-5-10(11)16-8/h4-5,9H,3,7H2,1-2H3. The van der Waals surface area contributed by atoms with Gasteiger partial charge >= 0.3 is 0 Å². The zero-order chi connectivity index (χ0) is 13.1. The summed E-state index contributed by atoms with van der Waals surface area (Å²) < 4.78 is 25.8. The van der Waals surface area contributed by atoms with Crippen molar-refractivity contribution in [2.75, 3.05) is 7.05 Å². The van der Waals surface area contributed by atoms with E-state index in [9.17, 15) is 8.42 Å². The summed E-state index contributed by atoms with van der Waals surface area (Å²) in [6.45, 7) is 1.93. The zero-order valence-electron chi connectivity index (χ0n) is 9.55. The molecule has 17 heavy (non-hydrogen) atoms. The Labute approximate surface area is 110 Å². The molecule has 4 nitrogen and oxygen atoms in total. The van der Waals surface area contributed by atoms with Gasteiger partial charge in [-0.2, -0.15) is 9.57 Å². The molecule has 0 spiro atoms. The number of hydrogen-bond acceptors (Lipinski definition) is 4. The van der Waals surface area contributed by atoms with Crippen molar-refractivity contribution in [2.24, 2.45) is 0 Å². The molecule has 1 unspecified atom stereocenters. The summed E-state index contributed by atoms with van der Waals surface area (Å²) in [5, 5.41) is 7.82. The molecule has 1 heterocycles. The predicted octanol–water partition coefficient (Wildman–Crippen LogP) is 2.47. The molecule has 0 radical (unpaired) electrons. The molecule has 0 aromatic carbocycles. The molecule has 0 saturated heterocycles. The Balaban J connectivity index is 2.83. The van der Waals surface area contributed by atoms with Gasteiger partial charge in [-0.25, -0.2) is 8.42 Å². The monoisotopic (exact) mass is 292 g/mol. The van der Waals surface area contributed by atoms with Crippen LogP contribution in [0, 0.1) is 11.3 Å². The van der Waals surface area contributed by atoms with Crippen LogP contribution in [0.2, 0.25) is 4.34 Å². The summed E-state index contributed by atoms with van der Waals surface area (Å²) in [6.07, 6.45) is 0.286. The number of halogens is 1. The van der Waals surface area contributed by atoms with Gasteiger partial charge < -0.3 is 0 Å². The van der Waals surface area contributed by atoms with Gasteiger partial charge in [0.05, 0.1) is 10.4 Å². The number of nitrogens with zero attached hydrogens (tertiary/aromatic N) is 2. The van der Waals surface area contributed by atoms with Crippen LogP contribution in [0.4, 0.5) is 0 Å². The lowest BCUT2D eigenvalue weighted by Gasteiger charge is -2.18. The lowest BCUT2D eigenvalue weighted by Crippen LogP contribution is -2.34. The van der Waals surface area contributed by atoms with E-state index in [-0.39, 0.29) is 13.0 Å². The molecule has 0 aliphatic carbocycles. The average molecular weight is 293 g/mol. The Morgan fingerprint density at radius 2 is 2.24 bits per heavy atom. The highest BCUT2D eigenvalue weighted by Gasteiger charge is 2.28. The van der Waals surface area contributed by atoms with Crippen LogP contribution in [0.3, 0.4) is 0 Å². The average Bonchev–Trinajstić information content (AvgIpc) is 2.65. The lowest BCUT2D eigenvalue weighted by atomic mass is 10.4. The highest BCUT2D eigenvalue weighted by molar-refractivity contribution is 7.89. The number of sulfonamides is 1. The molecule has 1 rings (SSSR count). The molecular formula is C10H13ClN2O2S2. The minimum absolute atomic E-state index is 0.248. The summed E-state index contributed by atoms with van der Waals surface area (Å²) in [5.74, 6) is 0. The summed E-state index contributed by atoms with van der Waals surface area (Å²) >= 11 is 7.11. The minimum Gasteiger partial charge on any atom is -0.211 e. The lowest BCUT2D eigenvalue weighted by molar-refractivity contribution is 0.463. The quantitative estimate of drug-likeness (QED) is 0.837. The third kappa shape index (κ3) is 3.42. The molecule has 0 bridgehead atoms. The molecule has 0 saturated carbocycles. The summed E-state index contributed by atoms with van der Waals surface area (Å²) in [6, 6.07) is 5.32. The second kappa shape index (κ2) is 5.83. The first-order chi connectivity index (χ1) is 7.91. The van der Waals surface area contributed by atoms with E-state index >= 15 is 0 Å². The van der Waals surface area contributed by atoms with E-state index in [0.29, 0.717) is 4.34 Å². The second-order valence-corrected chi connectivity index (χ2v) is 7.55. The molecule has 0 aliphatic heterocycles. The first kappa shape index (κ1) is 14.5. The number of rotatable bonds is 5. The summed E-state index contributed by atoms with van der Waals surface area (Å²) in [7, 11) is -2.08. The fourth-order valence-electron chi connectivity index (χ4n) is 1.33. The van der Waals surface area contributed by atoms with Gasteiger partial charge in [0, 0.05) is 18.5 Å². The third-order valence-corrected chi connectivity index (χ3v) is 5.69. The van der Waals surface area contributed by atoms with Crippen LogP contribution in [0.25, 0.3) is 0 Å². The maximum atomic E-state index is 12.0. The molecule has 1 atom stereocenters. The Morgan fingerprint density at radius 3 is 2.65 bits per heavy atom. The van der Waals surface area contributed by atoms with E-state index < -0.39 is 15.3 Å². The topological polar surface area (TPSA) is 61.2 Å². The van der Waals surface area contributed by atoms with Gasteiger partial charge in [0.25, 0.3) is 0 Å². The van der Waals surface area contributed by atoms with E-state index in [0.717, 1.165) is 4.88 Å². The zero-order valence-corrected chi connectivity index (χ0v) is 11.9. The van der Waals surface area contributed by atoms with Crippen LogP contribution in [0.15, 0.2) is 12.1 Å². The third-order valence-electron chi connectivity index (χ3n) is 2.32. The van der Waals surface area contributed by atoms with Crippen molar-refractivity contribution in [3.63, 3.8) is 0 Å². The molecule has 0 aliphatic rings. The van der Waals surface area contributed by atoms with E-state index in [1.165, 1.54) is 22.7 Å². The molecule has 0 N–H and O–H groups in total. The fourth-order valence-corrected chi connectivity index (χ4v) is 3.86. The largest absolute Gasteiger partial charge is 0.230 e. The Hall–Kier alpha value is -0.610. The Morgan fingerprint density at radius 1 is 1.59 bits per heavy atom. The van der Waals surface area contributed by atoms with Gasteiger partial charge in [-0.3, -0.25) is 0 Å². The Bertz CT molecular complexity index is 519. The summed E-state index contributed by atoms with van der Waals surface area (Å²) in [5.41, 5.74) is 0. The normalized spacial score (nSPS) is 13.6. The first-order valence-corrected chi connectivity index (χ1v) is 7.70. The van der Waals surface area contributed by atoms with Crippen LogP contribution in [0.1, 0.15) is 18.2 Å². The fraction of sp³-hybridized carbons (Fsp3) is 0.500. The minimum atomic E-state index is -3.55.